The number of amides is 3. The number of aromatic hydroxyl groups is 1. The first-order valence-corrected chi connectivity index (χ1v) is 22.4. The number of rotatable bonds is 25. The maximum absolute atomic E-state index is 13.0. The maximum atomic E-state index is 13.0. The van der Waals surface area contributed by atoms with Crippen LogP contribution in [0.25, 0.3) is 33.4 Å². The van der Waals surface area contributed by atoms with Gasteiger partial charge in [-0.3, -0.25) is 33.5 Å². The fraction of sp³-hybridized carbons (Fsp3) is 0.396. The highest BCUT2D eigenvalue weighted by Crippen LogP contribution is 2.33. The van der Waals surface area contributed by atoms with Crippen molar-refractivity contribution in [3.05, 3.63) is 112 Å². The number of aromatic nitrogens is 6. The number of phenolic OH excluding ortho intramolecular Hbond substituents is 1. The lowest BCUT2D eigenvalue weighted by Gasteiger charge is -2.21. The third-order valence-electron chi connectivity index (χ3n) is 11.4. The number of nitrogens with zero attached hydrogens (tertiary/aromatic N) is 6. The van der Waals surface area contributed by atoms with E-state index in [1.165, 1.54) is 4.57 Å². The summed E-state index contributed by atoms with van der Waals surface area (Å²) in [6.07, 6.45) is 5.65. The van der Waals surface area contributed by atoms with Crippen LogP contribution in [0.15, 0.2) is 90.0 Å². The average Bonchev–Trinajstić information content (AvgIpc) is 3.92. The number of imide groups is 1. The van der Waals surface area contributed by atoms with Crippen molar-refractivity contribution in [2.75, 3.05) is 78.3 Å². The van der Waals surface area contributed by atoms with E-state index in [1.807, 2.05) is 54.2 Å². The molecule has 67 heavy (non-hydrogen) atoms. The smallest absolute Gasteiger partial charge is 0.329 e. The fourth-order valence-electron chi connectivity index (χ4n) is 7.70. The summed E-state index contributed by atoms with van der Waals surface area (Å²) in [6.45, 7) is 6.72. The van der Waals surface area contributed by atoms with Gasteiger partial charge in [0.25, 0.3) is 5.91 Å². The van der Waals surface area contributed by atoms with Gasteiger partial charge in [-0.2, -0.15) is 5.10 Å². The number of para-hydroxylation sites is 1. The van der Waals surface area contributed by atoms with Gasteiger partial charge in [0.2, 0.25) is 11.8 Å². The van der Waals surface area contributed by atoms with Gasteiger partial charge >= 0.3 is 5.69 Å². The summed E-state index contributed by atoms with van der Waals surface area (Å²) in [4.78, 5) is 49.8. The molecule has 1 fully saturated rings. The minimum Gasteiger partial charge on any atom is -0.507 e. The Morgan fingerprint density at radius 1 is 0.836 bits per heavy atom. The van der Waals surface area contributed by atoms with Gasteiger partial charge in [-0.1, -0.05) is 30.3 Å². The van der Waals surface area contributed by atoms with E-state index in [2.05, 4.69) is 25.9 Å². The van der Waals surface area contributed by atoms with Gasteiger partial charge in [0.15, 0.2) is 5.82 Å². The molecule has 19 heteroatoms. The number of anilines is 1. The number of imidazole rings is 1. The highest BCUT2D eigenvalue weighted by molar-refractivity contribution is 6.00. The van der Waals surface area contributed by atoms with Crippen LogP contribution in [0, 0.1) is 0 Å². The number of ether oxygens (including phenoxy) is 5. The van der Waals surface area contributed by atoms with Crippen LogP contribution in [0.2, 0.25) is 0 Å². The predicted octanol–water partition coefficient (Wildman–Crippen LogP) is 3.98. The van der Waals surface area contributed by atoms with Gasteiger partial charge in [0.05, 0.1) is 88.4 Å². The van der Waals surface area contributed by atoms with E-state index in [0.29, 0.717) is 107 Å². The van der Waals surface area contributed by atoms with Gasteiger partial charge in [0.1, 0.15) is 11.8 Å². The van der Waals surface area contributed by atoms with Crippen LogP contribution in [-0.4, -0.2) is 125 Å². The molecule has 4 heterocycles. The summed E-state index contributed by atoms with van der Waals surface area (Å²) in [5.41, 5.74) is 12.3. The summed E-state index contributed by atoms with van der Waals surface area (Å²) < 4.78 is 32.9. The molecule has 0 bridgehead atoms. The highest BCUT2D eigenvalue weighted by atomic mass is 16.6. The largest absolute Gasteiger partial charge is 0.507 e. The van der Waals surface area contributed by atoms with E-state index >= 15 is 0 Å². The second kappa shape index (κ2) is 23.6. The number of hydrogen-bond donors (Lipinski definition) is 4. The van der Waals surface area contributed by atoms with Gasteiger partial charge < -0.3 is 39.8 Å². The lowest BCUT2D eigenvalue weighted by atomic mass is 10.1. The Morgan fingerprint density at radius 2 is 1.51 bits per heavy atom. The molecule has 1 aliphatic heterocycles. The van der Waals surface area contributed by atoms with Crippen molar-refractivity contribution in [2.45, 2.75) is 44.7 Å². The maximum Gasteiger partial charge on any atom is 0.329 e. The third kappa shape index (κ3) is 12.6. The average molecular weight is 920 g/mol. The molecule has 0 saturated carbocycles. The Morgan fingerprint density at radius 3 is 2.19 bits per heavy atom. The highest BCUT2D eigenvalue weighted by Gasteiger charge is 2.31. The monoisotopic (exact) mass is 919 g/mol. The molecule has 0 spiro atoms. The van der Waals surface area contributed by atoms with E-state index in [9.17, 15) is 24.3 Å². The summed E-state index contributed by atoms with van der Waals surface area (Å²) in [5, 5.41) is 28.3. The number of carbonyl (C=O) groups is 3. The Hall–Kier alpha value is -6.77. The second-order valence-corrected chi connectivity index (χ2v) is 16.0. The van der Waals surface area contributed by atoms with Crippen molar-refractivity contribution in [1.29, 1.82) is 0 Å². The van der Waals surface area contributed by atoms with Crippen LogP contribution >= 0.6 is 0 Å². The Labute approximate surface area is 387 Å². The standard InChI is InChI=1S/C48H57N9O10/c1-32(56-31-36(30-51-56)38-29-39(53-54-45(38)49)37-7-3-4-8-43(37)58)34-10-12-35(13-11-34)46(60)50-17-19-64-21-23-66-25-27-67-26-24-65-22-20-63-18-5-6-33-9-14-40-42(28-33)55(2)48(62)57(40)41-15-16-44(59)52-47(41)61/h3-4,7-14,28-32,41,58H,5-6,15-27H2,1-2H3,(H2,49,54)(H,50,60)(H,52,59,61). The lowest BCUT2D eigenvalue weighted by Crippen LogP contribution is -2.44. The van der Waals surface area contributed by atoms with Crippen LogP contribution in [0.1, 0.15) is 59.8 Å². The first kappa shape index (κ1) is 48.2. The molecule has 1 saturated heterocycles. The Balaban J connectivity index is 0.679. The number of piperidine rings is 1. The van der Waals surface area contributed by atoms with Gasteiger partial charge in [-0.25, -0.2) is 4.79 Å². The molecular weight excluding hydrogens is 863 g/mol. The quantitative estimate of drug-likeness (QED) is 0.0470. The zero-order chi connectivity index (χ0) is 47.1. The number of benzene rings is 3. The normalized spacial score (nSPS) is 14.4. The van der Waals surface area contributed by atoms with Crippen molar-refractivity contribution < 1.29 is 43.2 Å². The molecule has 3 amide bonds. The number of nitrogens with two attached hydrogens (primary N) is 1. The van der Waals surface area contributed by atoms with E-state index in [0.717, 1.165) is 35.0 Å². The number of nitrogens with one attached hydrogen (secondary N) is 2. The molecule has 0 aliphatic carbocycles. The molecule has 3 aromatic heterocycles. The molecule has 2 atom stereocenters. The van der Waals surface area contributed by atoms with E-state index in [-0.39, 0.29) is 41.5 Å². The van der Waals surface area contributed by atoms with E-state index in [1.54, 1.807) is 54.2 Å². The van der Waals surface area contributed by atoms with Crippen LogP contribution < -0.4 is 22.1 Å². The number of aryl methyl sites for hydroxylation is 2. The molecule has 19 nitrogen and oxygen atoms in total. The minimum absolute atomic E-state index is 0.0990. The van der Waals surface area contributed by atoms with Crippen molar-refractivity contribution >= 4 is 34.6 Å². The number of hydrogen-bond acceptors (Lipinski definition) is 14. The minimum atomic E-state index is -0.703. The zero-order valence-electron chi connectivity index (χ0n) is 37.7. The number of carbonyl (C=O) groups excluding carboxylic acids is 3. The molecular formula is C48H57N9O10. The van der Waals surface area contributed by atoms with Gasteiger partial charge in [0, 0.05) is 55.1 Å². The van der Waals surface area contributed by atoms with E-state index < -0.39 is 11.9 Å². The van der Waals surface area contributed by atoms with Crippen molar-refractivity contribution in [3.8, 4) is 28.1 Å². The van der Waals surface area contributed by atoms with Crippen molar-refractivity contribution in [1.82, 2.24) is 39.7 Å². The molecule has 1 aliphatic rings. The summed E-state index contributed by atoms with van der Waals surface area (Å²) in [6, 6.07) is 21.0. The molecule has 6 aromatic rings. The Kier molecular flexibility index (Phi) is 17.0. The van der Waals surface area contributed by atoms with Gasteiger partial charge in [-0.05, 0) is 79.8 Å². The zero-order valence-corrected chi connectivity index (χ0v) is 37.7. The van der Waals surface area contributed by atoms with Crippen molar-refractivity contribution in [3.63, 3.8) is 0 Å². The van der Waals surface area contributed by atoms with Crippen LogP contribution in [0.3, 0.4) is 0 Å². The molecule has 5 N–H and O–H groups in total. The van der Waals surface area contributed by atoms with Gasteiger partial charge in [-0.15, -0.1) is 10.2 Å². The fourth-order valence-corrected chi connectivity index (χ4v) is 7.70. The summed E-state index contributed by atoms with van der Waals surface area (Å²) >= 11 is 0. The predicted molar refractivity (Wildman–Crippen MR) is 248 cm³/mol. The van der Waals surface area contributed by atoms with Crippen LogP contribution in [-0.2, 0) is 46.7 Å². The molecule has 3 aromatic carbocycles. The SMILES string of the molecule is CC(c1ccc(C(=O)NCCOCCOCCOCCOCCOCCCc2ccc3c(c2)n(C)c(=O)n3C2CCC(=O)NC2=O)cc1)n1cc(-c2cc(-c3ccccc3O)nnc2N)cn1. The number of fused-ring (bicyclic) bond motifs is 1. The Bertz CT molecular complexity index is 2680. The second-order valence-electron chi connectivity index (χ2n) is 16.0. The number of nitrogen functional groups attached to an aromatic ring is 1. The topological polar surface area (TPSA) is 238 Å². The summed E-state index contributed by atoms with van der Waals surface area (Å²) in [7, 11) is 1.69. The van der Waals surface area contributed by atoms with Crippen LogP contribution in [0.4, 0.5) is 5.82 Å². The number of phenols is 1. The first-order valence-electron chi connectivity index (χ1n) is 22.4. The summed E-state index contributed by atoms with van der Waals surface area (Å²) in [5.74, 6) is -0.612. The first-order chi connectivity index (χ1) is 32.6. The third-order valence-corrected chi connectivity index (χ3v) is 11.4. The van der Waals surface area contributed by atoms with Crippen molar-refractivity contribution in [2.24, 2.45) is 7.05 Å². The lowest BCUT2D eigenvalue weighted by molar-refractivity contribution is -0.135. The molecule has 0 radical (unpaired) electrons. The van der Waals surface area contributed by atoms with E-state index in [4.69, 9.17) is 29.4 Å². The molecule has 7 rings (SSSR count). The van der Waals surface area contributed by atoms with Crippen LogP contribution in [0.5, 0.6) is 5.75 Å². The molecule has 2 unspecified atom stereocenters. The molecule has 354 valence electrons.